The Hall–Kier alpha value is -1.12. The minimum atomic E-state index is -0.917. The van der Waals surface area contributed by atoms with Crippen molar-refractivity contribution in [2.45, 2.75) is 25.7 Å². The molecule has 1 N–H and O–H groups in total. The molecule has 1 aliphatic rings. The van der Waals surface area contributed by atoms with Gasteiger partial charge in [-0.15, -0.1) is 0 Å². The van der Waals surface area contributed by atoms with Crippen LogP contribution in [0.1, 0.15) is 25.7 Å². The molecule has 0 bridgehead atoms. The number of carbonyl (C=O) groups is 2. The molecular formula is C9H12O3. The van der Waals surface area contributed by atoms with Crippen molar-refractivity contribution >= 4 is 11.8 Å². The van der Waals surface area contributed by atoms with Crippen LogP contribution in [-0.4, -0.2) is 16.9 Å². The van der Waals surface area contributed by atoms with Crippen molar-refractivity contribution in [2.24, 2.45) is 5.92 Å². The molecule has 1 fully saturated rings. The molecule has 0 aliphatic heterocycles. The monoisotopic (exact) mass is 168 g/mol. The van der Waals surface area contributed by atoms with Crippen LogP contribution >= 0.6 is 0 Å². The van der Waals surface area contributed by atoms with Crippen molar-refractivity contribution in [3.05, 3.63) is 12.2 Å². The van der Waals surface area contributed by atoms with Crippen LogP contribution in [0.15, 0.2) is 12.2 Å². The van der Waals surface area contributed by atoms with Crippen LogP contribution in [0.4, 0.5) is 0 Å². The van der Waals surface area contributed by atoms with Gasteiger partial charge in [0.2, 0.25) is 0 Å². The quantitative estimate of drug-likeness (QED) is 0.648. The molecule has 1 aliphatic carbocycles. The summed E-state index contributed by atoms with van der Waals surface area (Å²) in [6.45, 7) is 0. The Morgan fingerprint density at radius 1 is 1.67 bits per heavy atom. The maximum Gasteiger partial charge on any atom is 0.327 e. The zero-order valence-electron chi connectivity index (χ0n) is 6.82. The highest BCUT2D eigenvalue weighted by atomic mass is 16.4. The zero-order chi connectivity index (χ0) is 8.97. The standard InChI is InChI=1S/C9H12O3/c10-8-5-4-7(6-8)2-1-3-9(11)12/h1,3,7H,2,4-6H2,(H,11,12)/b3-1+. The van der Waals surface area contributed by atoms with E-state index >= 15 is 0 Å². The van der Waals surface area contributed by atoms with Crippen molar-refractivity contribution in [2.75, 3.05) is 0 Å². The lowest BCUT2D eigenvalue weighted by molar-refractivity contribution is -0.131. The van der Waals surface area contributed by atoms with E-state index in [0.29, 0.717) is 24.5 Å². The van der Waals surface area contributed by atoms with Gasteiger partial charge in [0.05, 0.1) is 0 Å². The fraction of sp³-hybridized carbons (Fsp3) is 0.556. The molecule has 0 saturated heterocycles. The lowest BCUT2D eigenvalue weighted by Gasteiger charge is -2.00. The molecule has 1 atom stereocenters. The summed E-state index contributed by atoms with van der Waals surface area (Å²) < 4.78 is 0. The van der Waals surface area contributed by atoms with Crippen LogP contribution < -0.4 is 0 Å². The number of Topliss-reactive ketones (excluding diaryl/α,β-unsaturated/α-hetero) is 1. The van der Waals surface area contributed by atoms with Gasteiger partial charge in [0, 0.05) is 18.9 Å². The normalized spacial score (nSPS) is 23.7. The molecule has 0 heterocycles. The number of hydrogen-bond donors (Lipinski definition) is 1. The molecule has 1 unspecified atom stereocenters. The largest absolute Gasteiger partial charge is 0.478 e. The SMILES string of the molecule is O=C(O)/C=C/CC1CCC(=O)C1. The van der Waals surface area contributed by atoms with Crippen LogP contribution in [0.2, 0.25) is 0 Å². The molecule has 0 spiro atoms. The minimum absolute atomic E-state index is 0.309. The van der Waals surface area contributed by atoms with Gasteiger partial charge in [-0.25, -0.2) is 4.79 Å². The average Bonchev–Trinajstić information content (AvgIpc) is 2.35. The van der Waals surface area contributed by atoms with E-state index in [4.69, 9.17) is 5.11 Å². The number of carboxylic acid groups (broad SMARTS) is 1. The second-order valence-electron chi connectivity index (χ2n) is 3.12. The third-order valence-corrected chi connectivity index (χ3v) is 2.08. The van der Waals surface area contributed by atoms with E-state index in [-0.39, 0.29) is 0 Å². The van der Waals surface area contributed by atoms with E-state index in [0.717, 1.165) is 18.9 Å². The molecule has 0 aromatic rings. The summed E-state index contributed by atoms with van der Waals surface area (Å²) in [7, 11) is 0. The van der Waals surface area contributed by atoms with Gasteiger partial charge in [-0.3, -0.25) is 4.79 Å². The van der Waals surface area contributed by atoms with Crippen molar-refractivity contribution in [3.63, 3.8) is 0 Å². The minimum Gasteiger partial charge on any atom is -0.478 e. The summed E-state index contributed by atoms with van der Waals surface area (Å²) in [5, 5.41) is 8.29. The Kier molecular flexibility index (Phi) is 3.02. The lowest BCUT2D eigenvalue weighted by atomic mass is 10.0. The summed E-state index contributed by atoms with van der Waals surface area (Å²) in [5.74, 6) is -0.226. The summed E-state index contributed by atoms with van der Waals surface area (Å²) in [4.78, 5) is 20.9. The van der Waals surface area contributed by atoms with Crippen molar-refractivity contribution in [1.82, 2.24) is 0 Å². The van der Waals surface area contributed by atoms with Gasteiger partial charge < -0.3 is 5.11 Å². The Labute approximate surface area is 71.1 Å². The maximum absolute atomic E-state index is 10.8. The van der Waals surface area contributed by atoms with E-state index in [2.05, 4.69) is 0 Å². The highest BCUT2D eigenvalue weighted by Crippen LogP contribution is 2.24. The Balaban J connectivity index is 2.24. The predicted octanol–water partition coefficient (Wildman–Crippen LogP) is 1.39. The van der Waals surface area contributed by atoms with E-state index < -0.39 is 5.97 Å². The predicted molar refractivity (Wildman–Crippen MR) is 43.7 cm³/mol. The van der Waals surface area contributed by atoms with Gasteiger partial charge in [0.1, 0.15) is 5.78 Å². The molecule has 0 aromatic carbocycles. The van der Waals surface area contributed by atoms with Crippen molar-refractivity contribution in [3.8, 4) is 0 Å². The zero-order valence-corrected chi connectivity index (χ0v) is 6.82. The topological polar surface area (TPSA) is 54.4 Å². The van der Waals surface area contributed by atoms with Crippen LogP contribution in [0, 0.1) is 5.92 Å². The lowest BCUT2D eigenvalue weighted by Crippen LogP contribution is -1.94. The Bertz CT molecular complexity index is 218. The van der Waals surface area contributed by atoms with E-state index in [1.165, 1.54) is 0 Å². The van der Waals surface area contributed by atoms with Gasteiger partial charge in [-0.1, -0.05) is 6.08 Å². The van der Waals surface area contributed by atoms with Gasteiger partial charge in [0.15, 0.2) is 0 Å². The molecular weight excluding hydrogens is 156 g/mol. The molecule has 3 heteroatoms. The fourth-order valence-electron chi connectivity index (χ4n) is 1.45. The molecule has 66 valence electrons. The number of aliphatic carboxylic acids is 1. The number of rotatable bonds is 3. The van der Waals surface area contributed by atoms with Crippen LogP contribution in [0.3, 0.4) is 0 Å². The third-order valence-electron chi connectivity index (χ3n) is 2.08. The summed E-state index contributed by atoms with van der Waals surface area (Å²) in [5.41, 5.74) is 0. The van der Waals surface area contributed by atoms with Crippen LogP contribution in [0.5, 0.6) is 0 Å². The Morgan fingerprint density at radius 2 is 2.42 bits per heavy atom. The van der Waals surface area contributed by atoms with Gasteiger partial charge >= 0.3 is 5.97 Å². The number of carbonyl (C=O) groups excluding carboxylic acids is 1. The maximum atomic E-state index is 10.8. The second-order valence-corrected chi connectivity index (χ2v) is 3.12. The first-order valence-corrected chi connectivity index (χ1v) is 4.09. The fourth-order valence-corrected chi connectivity index (χ4v) is 1.45. The third kappa shape index (κ3) is 2.86. The highest BCUT2D eigenvalue weighted by Gasteiger charge is 2.20. The van der Waals surface area contributed by atoms with Gasteiger partial charge in [-0.05, 0) is 18.8 Å². The number of ketones is 1. The average molecular weight is 168 g/mol. The molecule has 0 radical (unpaired) electrons. The molecule has 0 amide bonds. The van der Waals surface area contributed by atoms with E-state index in [1.54, 1.807) is 6.08 Å². The molecule has 12 heavy (non-hydrogen) atoms. The first kappa shape index (κ1) is 8.97. The molecule has 0 aromatic heterocycles. The van der Waals surface area contributed by atoms with Crippen molar-refractivity contribution in [1.29, 1.82) is 0 Å². The first-order chi connectivity index (χ1) is 5.68. The van der Waals surface area contributed by atoms with E-state index in [9.17, 15) is 9.59 Å². The van der Waals surface area contributed by atoms with Crippen molar-refractivity contribution < 1.29 is 14.7 Å². The number of hydrogen-bond acceptors (Lipinski definition) is 2. The van der Waals surface area contributed by atoms with Gasteiger partial charge in [0.25, 0.3) is 0 Å². The highest BCUT2D eigenvalue weighted by molar-refractivity contribution is 5.81. The van der Waals surface area contributed by atoms with Gasteiger partial charge in [-0.2, -0.15) is 0 Å². The van der Waals surface area contributed by atoms with Crippen LogP contribution in [-0.2, 0) is 9.59 Å². The Morgan fingerprint density at radius 3 is 2.92 bits per heavy atom. The summed E-state index contributed by atoms with van der Waals surface area (Å²) >= 11 is 0. The number of allylic oxidation sites excluding steroid dienone is 1. The second kappa shape index (κ2) is 4.04. The molecule has 3 nitrogen and oxygen atoms in total. The van der Waals surface area contributed by atoms with Crippen LogP contribution in [0.25, 0.3) is 0 Å². The molecule has 1 rings (SSSR count). The van der Waals surface area contributed by atoms with E-state index in [1.807, 2.05) is 0 Å². The summed E-state index contributed by atoms with van der Waals surface area (Å²) in [6.07, 6.45) is 5.71. The molecule has 1 saturated carbocycles. The first-order valence-electron chi connectivity index (χ1n) is 4.09. The smallest absolute Gasteiger partial charge is 0.327 e. The number of carboxylic acids is 1. The summed E-state index contributed by atoms with van der Waals surface area (Å²) in [6, 6.07) is 0.